The summed E-state index contributed by atoms with van der Waals surface area (Å²) in [5.41, 5.74) is 8.85. The van der Waals surface area contributed by atoms with Gasteiger partial charge in [0.1, 0.15) is 0 Å². The monoisotopic (exact) mass is 324 g/mol. The number of halogens is 1. The highest BCUT2D eigenvalue weighted by molar-refractivity contribution is 7.92. The Morgan fingerprint density at radius 2 is 1.76 bits per heavy atom. The van der Waals surface area contributed by atoms with Crippen molar-refractivity contribution in [1.29, 1.82) is 0 Å². The molecular formula is C15H17ClN2O2S. The van der Waals surface area contributed by atoms with Crippen molar-refractivity contribution in [3.05, 3.63) is 52.0 Å². The van der Waals surface area contributed by atoms with Crippen LogP contribution in [-0.2, 0) is 10.0 Å². The van der Waals surface area contributed by atoms with Crippen molar-refractivity contribution in [3.8, 4) is 0 Å². The first-order valence-electron chi connectivity index (χ1n) is 6.37. The second-order valence-electron chi connectivity index (χ2n) is 4.98. The van der Waals surface area contributed by atoms with E-state index < -0.39 is 10.0 Å². The number of nitrogens with two attached hydrogens (primary N) is 1. The number of anilines is 2. The van der Waals surface area contributed by atoms with Gasteiger partial charge in [0.25, 0.3) is 10.0 Å². The first kappa shape index (κ1) is 15.7. The van der Waals surface area contributed by atoms with Crippen molar-refractivity contribution in [3.63, 3.8) is 0 Å². The summed E-state index contributed by atoms with van der Waals surface area (Å²) in [6.07, 6.45) is 0. The quantitative estimate of drug-likeness (QED) is 0.846. The van der Waals surface area contributed by atoms with Crippen molar-refractivity contribution >= 4 is 33.0 Å². The standard InChI is InChI=1S/C15H17ClN2O2S/c1-9-7-14(17)11(3)15(10(9)2)21(19,20)18-13-6-4-5-12(16)8-13/h4-8,18H,17H2,1-3H3. The summed E-state index contributed by atoms with van der Waals surface area (Å²) in [7, 11) is -3.73. The summed E-state index contributed by atoms with van der Waals surface area (Å²) in [4.78, 5) is 0.222. The van der Waals surface area contributed by atoms with Gasteiger partial charge in [-0.2, -0.15) is 0 Å². The van der Waals surface area contributed by atoms with Gasteiger partial charge in [-0.05, 0) is 61.7 Å². The average Bonchev–Trinajstić information content (AvgIpc) is 2.35. The summed E-state index contributed by atoms with van der Waals surface area (Å²) in [6.45, 7) is 5.31. The molecule has 0 aliphatic rings. The molecule has 6 heteroatoms. The highest BCUT2D eigenvalue weighted by Crippen LogP contribution is 2.29. The molecule has 0 atom stereocenters. The maximum absolute atomic E-state index is 12.6. The zero-order chi connectivity index (χ0) is 15.8. The van der Waals surface area contributed by atoms with E-state index in [1.165, 1.54) is 0 Å². The minimum Gasteiger partial charge on any atom is -0.398 e. The lowest BCUT2D eigenvalue weighted by Crippen LogP contribution is -2.17. The molecule has 3 N–H and O–H groups in total. The van der Waals surface area contributed by atoms with Crippen molar-refractivity contribution in [2.24, 2.45) is 0 Å². The first-order chi connectivity index (χ1) is 9.72. The number of benzene rings is 2. The van der Waals surface area contributed by atoms with Crippen LogP contribution in [0, 0.1) is 20.8 Å². The van der Waals surface area contributed by atoms with Gasteiger partial charge in [-0.1, -0.05) is 17.7 Å². The summed E-state index contributed by atoms with van der Waals surface area (Å²) < 4.78 is 27.8. The van der Waals surface area contributed by atoms with E-state index >= 15 is 0 Å². The maximum atomic E-state index is 12.6. The van der Waals surface area contributed by atoms with E-state index in [-0.39, 0.29) is 4.90 Å². The molecule has 0 saturated heterocycles. The number of sulfonamides is 1. The molecule has 0 aromatic heterocycles. The van der Waals surface area contributed by atoms with E-state index in [4.69, 9.17) is 17.3 Å². The molecule has 0 aliphatic carbocycles. The highest BCUT2D eigenvalue weighted by atomic mass is 35.5. The van der Waals surface area contributed by atoms with Crippen LogP contribution in [0.4, 0.5) is 11.4 Å². The van der Waals surface area contributed by atoms with Gasteiger partial charge < -0.3 is 5.73 Å². The Labute approximate surface area is 130 Å². The van der Waals surface area contributed by atoms with Crippen LogP contribution in [0.15, 0.2) is 35.2 Å². The van der Waals surface area contributed by atoms with E-state index in [9.17, 15) is 8.42 Å². The molecule has 2 rings (SSSR count). The first-order valence-corrected chi connectivity index (χ1v) is 8.23. The molecule has 0 bridgehead atoms. The van der Waals surface area contributed by atoms with Gasteiger partial charge >= 0.3 is 0 Å². The largest absolute Gasteiger partial charge is 0.398 e. The summed E-state index contributed by atoms with van der Waals surface area (Å²) in [5.74, 6) is 0. The van der Waals surface area contributed by atoms with Gasteiger partial charge in [-0.15, -0.1) is 0 Å². The number of hydrogen-bond donors (Lipinski definition) is 2. The van der Waals surface area contributed by atoms with Crippen molar-refractivity contribution in [2.45, 2.75) is 25.7 Å². The lowest BCUT2D eigenvalue weighted by molar-refractivity contribution is 0.600. The zero-order valence-corrected chi connectivity index (χ0v) is 13.6. The Bertz CT molecular complexity index is 775. The van der Waals surface area contributed by atoms with Gasteiger partial charge in [-0.3, -0.25) is 4.72 Å². The van der Waals surface area contributed by atoms with Crippen LogP contribution >= 0.6 is 11.6 Å². The zero-order valence-electron chi connectivity index (χ0n) is 12.1. The van der Waals surface area contributed by atoms with E-state index in [0.717, 1.165) is 5.56 Å². The van der Waals surface area contributed by atoms with E-state index in [2.05, 4.69) is 4.72 Å². The Hall–Kier alpha value is -1.72. The molecule has 0 amide bonds. The molecule has 2 aromatic rings. The molecule has 0 aliphatic heterocycles. The van der Waals surface area contributed by atoms with Gasteiger partial charge in [0.15, 0.2) is 0 Å². The fraction of sp³-hybridized carbons (Fsp3) is 0.200. The van der Waals surface area contributed by atoms with E-state index in [1.54, 1.807) is 44.2 Å². The molecule has 112 valence electrons. The van der Waals surface area contributed by atoms with Crippen LogP contribution in [-0.4, -0.2) is 8.42 Å². The minimum atomic E-state index is -3.73. The highest BCUT2D eigenvalue weighted by Gasteiger charge is 2.22. The maximum Gasteiger partial charge on any atom is 0.262 e. The second kappa shape index (κ2) is 5.58. The topological polar surface area (TPSA) is 72.2 Å². The minimum absolute atomic E-state index is 0.222. The fourth-order valence-corrected chi connectivity index (χ4v) is 4.02. The Kier molecular flexibility index (Phi) is 4.16. The van der Waals surface area contributed by atoms with Crippen molar-refractivity contribution in [2.75, 3.05) is 10.5 Å². The molecule has 0 spiro atoms. The fourth-order valence-electron chi connectivity index (χ4n) is 2.20. The summed E-state index contributed by atoms with van der Waals surface area (Å²) in [5, 5.41) is 0.465. The molecule has 0 fully saturated rings. The van der Waals surface area contributed by atoms with Gasteiger partial charge in [0.05, 0.1) is 10.6 Å². The average molecular weight is 325 g/mol. The van der Waals surface area contributed by atoms with E-state index in [1.807, 2.05) is 6.92 Å². The number of hydrogen-bond acceptors (Lipinski definition) is 3. The van der Waals surface area contributed by atoms with Gasteiger partial charge in [0.2, 0.25) is 0 Å². The predicted octanol–water partition coefficient (Wildman–Crippen LogP) is 3.65. The van der Waals surface area contributed by atoms with Crippen molar-refractivity contribution < 1.29 is 8.42 Å². The molecule has 2 aromatic carbocycles. The third-order valence-corrected chi connectivity index (χ3v) is 5.31. The molecule has 0 heterocycles. The Morgan fingerprint density at radius 3 is 2.38 bits per heavy atom. The second-order valence-corrected chi connectivity index (χ2v) is 7.03. The number of nitrogens with one attached hydrogen (secondary N) is 1. The Balaban J connectivity index is 2.55. The number of nitrogen functional groups attached to an aromatic ring is 1. The molecule has 0 saturated carbocycles. The predicted molar refractivity (Wildman–Crippen MR) is 87.3 cm³/mol. The third-order valence-electron chi connectivity index (χ3n) is 3.42. The molecule has 4 nitrogen and oxygen atoms in total. The van der Waals surface area contributed by atoms with Gasteiger partial charge in [0, 0.05) is 10.7 Å². The normalized spacial score (nSPS) is 11.4. The molecule has 21 heavy (non-hydrogen) atoms. The van der Waals surface area contributed by atoms with E-state index in [0.29, 0.717) is 27.5 Å². The summed E-state index contributed by atoms with van der Waals surface area (Å²) in [6, 6.07) is 8.35. The smallest absolute Gasteiger partial charge is 0.262 e. The number of aryl methyl sites for hydroxylation is 1. The Morgan fingerprint density at radius 1 is 1.10 bits per heavy atom. The lowest BCUT2D eigenvalue weighted by Gasteiger charge is -2.16. The molecular weight excluding hydrogens is 308 g/mol. The molecule has 0 unspecified atom stereocenters. The van der Waals surface area contributed by atoms with Crippen LogP contribution in [0.3, 0.4) is 0 Å². The van der Waals surface area contributed by atoms with Crippen LogP contribution in [0.25, 0.3) is 0 Å². The van der Waals surface area contributed by atoms with Crippen LogP contribution < -0.4 is 10.5 Å². The summed E-state index contributed by atoms with van der Waals surface area (Å²) >= 11 is 5.88. The lowest BCUT2D eigenvalue weighted by atomic mass is 10.1. The van der Waals surface area contributed by atoms with Gasteiger partial charge in [-0.25, -0.2) is 8.42 Å². The van der Waals surface area contributed by atoms with Crippen LogP contribution in [0.1, 0.15) is 16.7 Å². The number of rotatable bonds is 3. The van der Waals surface area contributed by atoms with Crippen LogP contribution in [0.2, 0.25) is 5.02 Å². The van der Waals surface area contributed by atoms with Crippen LogP contribution in [0.5, 0.6) is 0 Å². The third kappa shape index (κ3) is 3.14. The SMILES string of the molecule is Cc1cc(N)c(C)c(S(=O)(=O)Nc2cccc(Cl)c2)c1C. The molecule has 0 radical (unpaired) electrons. The van der Waals surface area contributed by atoms with Crippen molar-refractivity contribution in [1.82, 2.24) is 0 Å².